The molecule has 2 atom stereocenters. The molecule has 1 aliphatic heterocycles. The van der Waals surface area contributed by atoms with Gasteiger partial charge >= 0.3 is 0 Å². The van der Waals surface area contributed by atoms with Crippen LogP contribution in [0.2, 0.25) is 0 Å². The third kappa shape index (κ3) is 3.73. The maximum absolute atomic E-state index is 12.1. The molecule has 0 bridgehead atoms. The summed E-state index contributed by atoms with van der Waals surface area (Å²) >= 11 is 5.23. The average Bonchev–Trinajstić information content (AvgIpc) is 2.40. The van der Waals surface area contributed by atoms with E-state index in [0.717, 1.165) is 28.1 Å². The highest BCUT2D eigenvalue weighted by Gasteiger charge is 2.22. The number of halogens is 1. The zero-order chi connectivity index (χ0) is 13.0. The number of hydrogen-bond donors (Lipinski definition) is 2. The Kier molecular flexibility index (Phi) is 5.09. The average molecular weight is 329 g/mol. The summed E-state index contributed by atoms with van der Waals surface area (Å²) in [5, 5.41) is 6.30. The smallest absolute Gasteiger partial charge is 0.238 e. The highest BCUT2D eigenvalue weighted by molar-refractivity contribution is 9.10. The van der Waals surface area contributed by atoms with E-state index in [9.17, 15) is 4.79 Å². The molecule has 0 radical (unpaired) electrons. The second kappa shape index (κ2) is 6.59. The van der Waals surface area contributed by atoms with Crippen molar-refractivity contribution in [2.75, 3.05) is 18.1 Å². The lowest BCUT2D eigenvalue weighted by molar-refractivity contribution is -0.123. The Balaban J connectivity index is 1.91. The molecule has 1 aliphatic rings. The fraction of sp³-hybridized carbons (Fsp3) is 0.462. The van der Waals surface area contributed by atoms with Gasteiger partial charge in [0.25, 0.3) is 0 Å². The summed E-state index contributed by atoms with van der Waals surface area (Å²) in [4.78, 5) is 12.1. The van der Waals surface area contributed by atoms with Gasteiger partial charge in [-0.15, -0.1) is 0 Å². The van der Waals surface area contributed by atoms with E-state index < -0.39 is 0 Å². The standard InChI is InChI=1S/C13H17BrN2OS/c1-9(10-2-4-11(14)5-3-10)16-13(17)12-8-18-7-6-15-12/h2-5,9,12,15H,6-8H2,1H3,(H,16,17)/t9-,12?/m0/s1. The van der Waals surface area contributed by atoms with Crippen molar-refractivity contribution in [1.29, 1.82) is 0 Å². The highest BCUT2D eigenvalue weighted by atomic mass is 79.9. The molecule has 1 aromatic rings. The maximum Gasteiger partial charge on any atom is 0.238 e. The summed E-state index contributed by atoms with van der Waals surface area (Å²) in [5.74, 6) is 2.04. The largest absolute Gasteiger partial charge is 0.348 e. The van der Waals surface area contributed by atoms with Gasteiger partial charge in [0.15, 0.2) is 0 Å². The van der Waals surface area contributed by atoms with Crippen molar-refractivity contribution in [2.24, 2.45) is 0 Å². The van der Waals surface area contributed by atoms with E-state index in [-0.39, 0.29) is 18.0 Å². The van der Waals surface area contributed by atoms with Crippen LogP contribution in [0.25, 0.3) is 0 Å². The van der Waals surface area contributed by atoms with Gasteiger partial charge in [0.1, 0.15) is 0 Å². The molecule has 5 heteroatoms. The van der Waals surface area contributed by atoms with Crippen molar-refractivity contribution in [3.63, 3.8) is 0 Å². The zero-order valence-corrected chi connectivity index (χ0v) is 12.7. The lowest BCUT2D eigenvalue weighted by Gasteiger charge is -2.24. The molecule has 1 amide bonds. The molecule has 2 rings (SSSR count). The van der Waals surface area contributed by atoms with E-state index >= 15 is 0 Å². The van der Waals surface area contributed by atoms with Crippen LogP contribution < -0.4 is 10.6 Å². The zero-order valence-electron chi connectivity index (χ0n) is 10.3. The Morgan fingerprint density at radius 1 is 1.50 bits per heavy atom. The molecule has 18 heavy (non-hydrogen) atoms. The van der Waals surface area contributed by atoms with Gasteiger partial charge in [0.05, 0.1) is 12.1 Å². The Hall–Kier alpha value is -0.520. The minimum Gasteiger partial charge on any atom is -0.348 e. The number of carbonyl (C=O) groups is 1. The second-order valence-corrected chi connectivity index (χ2v) is 6.43. The number of nitrogens with one attached hydrogen (secondary N) is 2. The number of rotatable bonds is 3. The molecule has 1 saturated heterocycles. The first kappa shape index (κ1) is 13.9. The molecule has 1 heterocycles. The molecular formula is C13H17BrN2OS. The van der Waals surface area contributed by atoms with E-state index in [4.69, 9.17) is 0 Å². The van der Waals surface area contributed by atoms with Gasteiger partial charge in [-0.3, -0.25) is 4.79 Å². The van der Waals surface area contributed by atoms with Gasteiger partial charge in [0.2, 0.25) is 5.91 Å². The SMILES string of the molecule is C[C@H](NC(=O)C1CSCCN1)c1ccc(Br)cc1. The lowest BCUT2D eigenvalue weighted by Crippen LogP contribution is -2.49. The Morgan fingerprint density at radius 3 is 2.83 bits per heavy atom. The second-order valence-electron chi connectivity index (χ2n) is 4.36. The molecule has 0 aliphatic carbocycles. The molecule has 98 valence electrons. The summed E-state index contributed by atoms with van der Waals surface area (Å²) in [5.41, 5.74) is 1.12. The van der Waals surface area contributed by atoms with Crippen molar-refractivity contribution in [1.82, 2.24) is 10.6 Å². The number of hydrogen-bond acceptors (Lipinski definition) is 3. The van der Waals surface area contributed by atoms with Crippen LogP contribution in [0.15, 0.2) is 28.7 Å². The van der Waals surface area contributed by atoms with E-state index in [0.29, 0.717) is 0 Å². The fourth-order valence-electron chi connectivity index (χ4n) is 1.88. The van der Waals surface area contributed by atoms with Gasteiger partial charge in [-0.05, 0) is 24.6 Å². The van der Waals surface area contributed by atoms with Crippen LogP contribution in [-0.2, 0) is 4.79 Å². The Bertz CT molecular complexity index is 404. The molecular weight excluding hydrogens is 312 g/mol. The van der Waals surface area contributed by atoms with E-state index in [1.165, 1.54) is 0 Å². The first-order valence-corrected chi connectivity index (χ1v) is 7.98. The molecule has 0 aromatic heterocycles. The van der Waals surface area contributed by atoms with E-state index in [1.807, 2.05) is 43.0 Å². The van der Waals surface area contributed by atoms with Crippen LogP contribution in [-0.4, -0.2) is 30.0 Å². The molecule has 0 spiro atoms. The van der Waals surface area contributed by atoms with Crippen LogP contribution in [0.5, 0.6) is 0 Å². The molecule has 1 unspecified atom stereocenters. The minimum atomic E-state index is -0.0540. The molecule has 0 saturated carbocycles. The predicted octanol–water partition coefficient (Wildman–Crippen LogP) is 2.33. The molecule has 3 nitrogen and oxygen atoms in total. The van der Waals surface area contributed by atoms with Gasteiger partial charge in [0, 0.05) is 22.5 Å². The summed E-state index contributed by atoms with van der Waals surface area (Å²) in [6, 6.07) is 8.02. The summed E-state index contributed by atoms with van der Waals surface area (Å²) in [6.07, 6.45) is 0. The molecule has 1 fully saturated rings. The monoisotopic (exact) mass is 328 g/mol. The summed E-state index contributed by atoms with van der Waals surface area (Å²) < 4.78 is 1.05. The third-order valence-corrected chi connectivity index (χ3v) is 4.56. The van der Waals surface area contributed by atoms with E-state index in [2.05, 4.69) is 26.6 Å². The van der Waals surface area contributed by atoms with Gasteiger partial charge in [-0.2, -0.15) is 11.8 Å². The number of benzene rings is 1. The van der Waals surface area contributed by atoms with Gasteiger partial charge in [-0.1, -0.05) is 28.1 Å². The van der Waals surface area contributed by atoms with Gasteiger partial charge < -0.3 is 10.6 Å². The minimum absolute atomic E-state index is 0.0410. The first-order chi connectivity index (χ1) is 8.66. The van der Waals surface area contributed by atoms with Crippen LogP contribution in [0, 0.1) is 0 Å². The lowest BCUT2D eigenvalue weighted by atomic mass is 10.1. The summed E-state index contributed by atoms with van der Waals surface area (Å²) in [6.45, 7) is 2.92. The number of thioether (sulfide) groups is 1. The summed E-state index contributed by atoms with van der Waals surface area (Å²) in [7, 11) is 0. The predicted molar refractivity (Wildman–Crippen MR) is 79.8 cm³/mol. The number of amides is 1. The number of carbonyl (C=O) groups excluding carboxylic acids is 1. The Labute approximate surface area is 120 Å². The van der Waals surface area contributed by atoms with Crippen molar-refractivity contribution >= 4 is 33.6 Å². The fourth-order valence-corrected chi connectivity index (χ4v) is 3.08. The third-order valence-electron chi connectivity index (χ3n) is 2.97. The van der Waals surface area contributed by atoms with Gasteiger partial charge in [-0.25, -0.2) is 0 Å². The quantitative estimate of drug-likeness (QED) is 0.894. The Morgan fingerprint density at radius 2 is 2.22 bits per heavy atom. The highest BCUT2D eigenvalue weighted by Crippen LogP contribution is 2.17. The van der Waals surface area contributed by atoms with Crippen molar-refractivity contribution in [3.05, 3.63) is 34.3 Å². The van der Waals surface area contributed by atoms with Crippen LogP contribution in [0.4, 0.5) is 0 Å². The normalized spacial score (nSPS) is 21.3. The van der Waals surface area contributed by atoms with Crippen LogP contribution in [0.1, 0.15) is 18.5 Å². The van der Waals surface area contributed by atoms with E-state index in [1.54, 1.807) is 0 Å². The topological polar surface area (TPSA) is 41.1 Å². The van der Waals surface area contributed by atoms with Crippen molar-refractivity contribution in [3.8, 4) is 0 Å². The van der Waals surface area contributed by atoms with Crippen molar-refractivity contribution in [2.45, 2.75) is 19.0 Å². The van der Waals surface area contributed by atoms with Crippen LogP contribution >= 0.6 is 27.7 Å². The first-order valence-electron chi connectivity index (χ1n) is 6.04. The maximum atomic E-state index is 12.1. The van der Waals surface area contributed by atoms with Crippen LogP contribution in [0.3, 0.4) is 0 Å². The molecule has 2 N–H and O–H groups in total. The molecule has 1 aromatic carbocycles. The van der Waals surface area contributed by atoms with Crippen molar-refractivity contribution < 1.29 is 4.79 Å².